The van der Waals surface area contributed by atoms with Crippen molar-refractivity contribution < 1.29 is 9.72 Å². The Morgan fingerprint density at radius 1 is 1.07 bits per heavy atom. The van der Waals surface area contributed by atoms with Gasteiger partial charge in [0.05, 0.1) is 17.2 Å². The van der Waals surface area contributed by atoms with Crippen LogP contribution in [0.15, 0.2) is 48.5 Å². The molecule has 1 saturated heterocycles. The van der Waals surface area contributed by atoms with Crippen LogP contribution in [0.1, 0.15) is 17.5 Å². The lowest BCUT2D eigenvalue weighted by Gasteiger charge is -2.21. The second-order valence-electron chi connectivity index (χ2n) is 7.20. The molecule has 0 aliphatic carbocycles. The quantitative estimate of drug-likeness (QED) is 0.614. The molecule has 1 amide bonds. The number of nitro benzene ring substituents is 1. The highest BCUT2D eigenvalue weighted by molar-refractivity contribution is 5.93. The third kappa shape index (κ3) is 5.61. The highest BCUT2D eigenvalue weighted by Crippen LogP contribution is 2.21. The maximum atomic E-state index is 12.5. The Morgan fingerprint density at radius 2 is 1.79 bits per heavy atom. The minimum absolute atomic E-state index is 0.0211. The molecule has 0 unspecified atom stereocenters. The zero-order valence-electron chi connectivity index (χ0n) is 16.1. The third-order valence-corrected chi connectivity index (χ3v) is 5.00. The van der Waals surface area contributed by atoms with Gasteiger partial charge in [-0.3, -0.25) is 24.7 Å². The van der Waals surface area contributed by atoms with E-state index in [2.05, 4.69) is 39.4 Å². The number of amides is 1. The fourth-order valence-corrected chi connectivity index (χ4v) is 3.43. The maximum absolute atomic E-state index is 12.5. The molecule has 1 fully saturated rings. The average molecular weight is 382 g/mol. The second kappa shape index (κ2) is 9.43. The summed E-state index contributed by atoms with van der Waals surface area (Å²) >= 11 is 0. The lowest BCUT2D eigenvalue weighted by molar-refractivity contribution is -0.384. The number of aryl methyl sites for hydroxylation is 1. The number of non-ortho nitro benzene ring substituents is 1. The van der Waals surface area contributed by atoms with Gasteiger partial charge in [0, 0.05) is 31.8 Å². The van der Waals surface area contributed by atoms with E-state index in [0.29, 0.717) is 12.2 Å². The van der Waals surface area contributed by atoms with Crippen molar-refractivity contribution in [2.75, 3.05) is 38.0 Å². The van der Waals surface area contributed by atoms with Gasteiger partial charge in [0.2, 0.25) is 5.91 Å². The Kier molecular flexibility index (Phi) is 6.73. The smallest absolute Gasteiger partial charge is 0.271 e. The molecule has 0 aromatic heterocycles. The van der Waals surface area contributed by atoms with Crippen molar-refractivity contribution in [2.24, 2.45) is 0 Å². The van der Waals surface area contributed by atoms with Gasteiger partial charge in [0.15, 0.2) is 0 Å². The standard InChI is InChI=1S/C21H26N4O3/c1-17-8-9-19(25(27)28)14-20(17)22-21(26)16-24-11-5-10-23(12-13-24)15-18-6-3-2-4-7-18/h2-4,6-9,14H,5,10-13,15-16H2,1H3,(H,22,26). The molecular formula is C21H26N4O3. The molecule has 1 aliphatic rings. The lowest BCUT2D eigenvalue weighted by Crippen LogP contribution is -2.36. The van der Waals surface area contributed by atoms with E-state index in [0.717, 1.165) is 44.7 Å². The predicted molar refractivity (Wildman–Crippen MR) is 109 cm³/mol. The summed E-state index contributed by atoms with van der Waals surface area (Å²) in [5.74, 6) is -0.139. The zero-order valence-corrected chi connectivity index (χ0v) is 16.1. The number of anilines is 1. The topological polar surface area (TPSA) is 78.7 Å². The molecule has 0 bridgehead atoms. The molecule has 0 saturated carbocycles. The molecule has 7 nitrogen and oxygen atoms in total. The van der Waals surface area contributed by atoms with Crippen molar-refractivity contribution in [1.29, 1.82) is 0 Å². The molecule has 2 aromatic carbocycles. The third-order valence-electron chi connectivity index (χ3n) is 5.00. The molecule has 0 spiro atoms. The van der Waals surface area contributed by atoms with Gasteiger partial charge in [-0.25, -0.2) is 0 Å². The first-order chi connectivity index (χ1) is 13.5. The minimum Gasteiger partial charge on any atom is -0.324 e. The summed E-state index contributed by atoms with van der Waals surface area (Å²) in [7, 11) is 0. The number of nitrogens with one attached hydrogen (secondary N) is 1. The molecule has 0 atom stereocenters. The van der Waals surface area contributed by atoms with Crippen LogP contribution in [0.25, 0.3) is 0 Å². The second-order valence-corrected chi connectivity index (χ2v) is 7.20. The van der Waals surface area contributed by atoms with Crippen molar-refractivity contribution in [3.63, 3.8) is 0 Å². The van der Waals surface area contributed by atoms with E-state index < -0.39 is 4.92 Å². The van der Waals surface area contributed by atoms with E-state index in [1.54, 1.807) is 6.07 Å². The molecule has 1 N–H and O–H groups in total. The van der Waals surface area contributed by atoms with Gasteiger partial charge in [-0.2, -0.15) is 0 Å². The van der Waals surface area contributed by atoms with Gasteiger partial charge in [-0.1, -0.05) is 36.4 Å². The normalized spacial score (nSPS) is 15.8. The van der Waals surface area contributed by atoms with Crippen LogP contribution in [0.2, 0.25) is 0 Å². The summed E-state index contributed by atoms with van der Waals surface area (Å²) in [5, 5.41) is 13.8. The van der Waals surface area contributed by atoms with Crippen molar-refractivity contribution in [3.05, 3.63) is 69.8 Å². The number of carbonyl (C=O) groups excluding carboxylic acids is 1. The molecule has 7 heteroatoms. The number of benzene rings is 2. The van der Waals surface area contributed by atoms with Gasteiger partial charge in [0.25, 0.3) is 5.69 Å². The number of hydrogen-bond acceptors (Lipinski definition) is 5. The van der Waals surface area contributed by atoms with Crippen molar-refractivity contribution in [1.82, 2.24) is 9.80 Å². The van der Waals surface area contributed by atoms with E-state index in [1.807, 2.05) is 13.0 Å². The number of carbonyl (C=O) groups is 1. The average Bonchev–Trinajstić information content (AvgIpc) is 2.89. The lowest BCUT2D eigenvalue weighted by atomic mass is 10.2. The SMILES string of the molecule is Cc1ccc([N+](=O)[O-])cc1NC(=O)CN1CCCN(Cc2ccccc2)CC1. The van der Waals surface area contributed by atoms with Crippen LogP contribution in [0.3, 0.4) is 0 Å². The van der Waals surface area contributed by atoms with Gasteiger partial charge < -0.3 is 5.32 Å². The Balaban J connectivity index is 1.52. The minimum atomic E-state index is -0.453. The van der Waals surface area contributed by atoms with E-state index in [4.69, 9.17) is 0 Å². The van der Waals surface area contributed by atoms with Crippen LogP contribution >= 0.6 is 0 Å². The van der Waals surface area contributed by atoms with Gasteiger partial charge in [-0.15, -0.1) is 0 Å². The summed E-state index contributed by atoms with van der Waals surface area (Å²) < 4.78 is 0. The molecule has 0 radical (unpaired) electrons. The number of nitrogens with zero attached hydrogens (tertiary/aromatic N) is 3. The summed E-state index contributed by atoms with van der Waals surface area (Å²) in [6, 6.07) is 14.9. The highest BCUT2D eigenvalue weighted by atomic mass is 16.6. The first-order valence-electron chi connectivity index (χ1n) is 9.55. The zero-order chi connectivity index (χ0) is 19.9. The highest BCUT2D eigenvalue weighted by Gasteiger charge is 2.18. The Bertz CT molecular complexity index is 826. The fraction of sp³-hybridized carbons (Fsp3) is 0.381. The monoisotopic (exact) mass is 382 g/mol. The first-order valence-corrected chi connectivity index (χ1v) is 9.55. The van der Waals surface area contributed by atoms with E-state index in [1.165, 1.54) is 17.7 Å². The van der Waals surface area contributed by atoms with Gasteiger partial charge in [-0.05, 0) is 37.6 Å². The first kappa shape index (κ1) is 20.0. The van der Waals surface area contributed by atoms with Crippen LogP contribution in [-0.4, -0.2) is 53.4 Å². The maximum Gasteiger partial charge on any atom is 0.271 e. The number of nitro groups is 1. The molecular weight excluding hydrogens is 356 g/mol. The van der Waals surface area contributed by atoms with Gasteiger partial charge >= 0.3 is 0 Å². The molecule has 148 valence electrons. The Hall–Kier alpha value is -2.77. The van der Waals surface area contributed by atoms with Crippen molar-refractivity contribution in [2.45, 2.75) is 19.9 Å². The van der Waals surface area contributed by atoms with Crippen LogP contribution in [0.5, 0.6) is 0 Å². The number of rotatable bonds is 6. The summed E-state index contributed by atoms with van der Waals surface area (Å²) in [4.78, 5) is 27.5. The summed E-state index contributed by atoms with van der Waals surface area (Å²) in [6.45, 7) is 6.66. The van der Waals surface area contributed by atoms with Crippen LogP contribution in [0.4, 0.5) is 11.4 Å². The van der Waals surface area contributed by atoms with Crippen LogP contribution in [0, 0.1) is 17.0 Å². The summed E-state index contributed by atoms with van der Waals surface area (Å²) in [6.07, 6.45) is 1.01. The van der Waals surface area contributed by atoms with E-state index >= 15 is 0 Å². The molecule has 2 aromatic rings. The van der Waals surface area contributed by atoms with Gasteiger partial charge in [0.1, 0.15) is 0 Å². The molecule has 28 heavy (non-hydrogen) atoms. The largest absolute Gasteiger partial charge is 0.324 e. The fourth-order valence-electron chi connectivity index (χ4n) is 3.43. The van der Waals surface area contributed by atoms with Crippen molar-refractivity contribution in [3.8, 4) is 0 Å². The Labute approximate surface area is 165 Å². The molecule has 3 rings (SSSR count). The van der Waals surface area contributed by atoms with E-state index in [9.17, 15) is 14.9 Å². The Morgan fingerprint density at radius 3 is 2.54 bits per heavy atom. The van der Waals surface area contributed by atoms with Crippen LogP contribution < -0.4 is 5.32 Å². The van der Waals surface area contributed by atoms with E-state index in [-0.39, 0.29) is 11.6 Å². The number of hydrogen-bond donors (Lipinski definition) is 1. The predicted octanol–water partition coefficient (Wildman–Crippen LogP) is 3.05. The molecule has 1 aliphatic heterocycles. The van der Waals surface area contributed by atoms with Crippen molar-refractivity contribution >= 4 is 17.3 Å². The molecule has 1 heterocycles. The summed E-state index contributed by atoms with van der Waals surface area (Å²) in [5.41, 5.74) is 2.59. The van der Waals surface area contributed by atoms with Crippen LogP contribution in [-0.2, 0) is 11.3 Å².